The van der Waals surface area contributed by atoms with Gasteiger partial charge in [0.1, 0.15) is 0 Å². The van der Waals surface area contributed by atoms with E-state index in [9.17, 15) is 0 Å². The Labute approximate surface area is 107 Å². The van der Waals surface area contributed by atoms with E-state index in [1.807, 2.05) is 49.5 Å². The maximum Gasteiger partial charge on any atom is 0.0657 e. The summed E-state index contributed by atoms with van der Waals surface area (Å²) in [6.07, 6.45) is 1.81. The zero-order chi connectivity index (χ0) is 12.3. The van der Waals surface area contributed by atoms with E-state index < -0.39 is 0 Å². The van der Waals surface area contributed by atoms with Crippen LogP contribution >= 0.6 is 11.6 Å². The van der Waals surface area contributed by atoms with Crippen molar-refractivity contribution >= 4 is 17.3 Å². The van der Waals surface area contributed by atoms with E-state index >= 15 is 0 Å². The van der Waals surface area contributed by atoms with Gasteiger partial charge in [-0.1, -0.05) is 17.7 Å². The molecule has 0 saturated heterocycles. The van der Waals surface area contributed by atoms with Gasteiger partial charge in [0.2, 0.25) is 0 Å². The van der Waals surface area contributed by atoms with Crippen LogP contribution in [0.4, 0.5) is 5.69 Å². The zero-order valence-electron chi connectivity index (χ0n) is 9.94. The van der Waals surface area contributed by atoms with E-state index in [0.717, 1.165) is 22.0 Å². The first-order valence-electron chi connectivity index (χ1n) is 5.60. The molecule has 0 spiro atoms. The Hall–Kier alpha value is -1.54. The van der Waals surface area contributed by atoms with Gasteiger partial charge in [-0.3, -0.25) is 4.98 Å². The standard InChI is InChI=1S/C14H15ClN2/c1-10-9-12(15)6-7-13(10)17-11(2)14-5-3-4-8-16-14/h3-9,11,17H,1-2H3. The molecule has 1 aromatic carbocycles. The Morgan fingerprint density at radius 1 is 1.24 bits per heavy atom. The minimum absolute atomic E-state index is 0.177. The fraction of sp³-hybridized carbons (Fsp3) is 0.214. The lowest BCUT2D eigenvalue weighted by molar-refractivity contribution is 0.838. The lowest BCUT2D eigenvalue weighted by atomic mass is 10.1. The van der Waals surface area contributed by atoms with Crippen LogP contribution in [0, 0.1) is 6.92 Å². The summed E-state index contributed by atoms with van der Waals surface area (Å²) in [6.45, 7) is 4.13. The van der Waals surface area contributed by atoms with Gasteiger partial charge >= 0.3 is 0 Å². The second-order valence-corrected chi connectivity index (χ2v) is 4.52. The third-order valence-electron chi connectivity index (χ3n) is 2.69. The Morgan fingerprint density at radius 2 is 2.06 bits per heavy atom. The number of pyridine rings is 1. The molecule has 0 aliphatic rings. The van der Waals surface area contributed by atoms with Crippen molar-refractivity contribution in [3.05, 3.63) is 58.9 Å². The molecule has 0 aliphatic carbocycles. The minimum Gasteiger partial charge on any atom is -0.377 e. The molecule has 0 saturated carbocycles. The first-order chi connectivity index (χ1) is 8.16. The van der Waals surface area contributed by atoms with Crippen molar-refractivity contribution in [2.45, 2.75) is 19.9 Å². The van der Waals surface area contributed by atoms with Crippen LogP contribution in [0.25, 0.3) is 0 Å². The molecule has 0 fully saturated rings. The molecule has 1 atom stereocenters. The normalized spacial score (nSPS) is 12.2. The molecule has 1 unspecified atom stereocenters. The Balaban J connectivity index is 2.16. The Bertz CT molecular complexity index is 497. The van der Waals surface area contributed by atoms with E-state index in [1.165, 1.54) is 0 Å². The van der Waals surface area contributed by atoms with Crippen molar-refractivity contribution in [2.24, 2.45) is 0 Å². The van der Waals surface area contributed by atoms with Gasteiger partial charge < -0.3 is 5.32 Å². The summed E-state index contributed by atoms with van der Waals surface area (Å²) >= 11 is 5.93. The number of anilines is 1. The molecular formula is C14H15ClN2. The Kier molecular flexibility index (Phi) is 3.64. The highest BCUT2D eigenvalue weighted by Gasteiger charge is 2.07. The van der Waals surface area contributed by atoms with E-state index in [1.54, 1.807) is 0 Å². The van der Waals surface area contributed by atoms with Crippen LogP contribution in [0.5, 0.6) is 0 Å². The van der Waals surface area contributed by atoms with E-state index in [4.69, 9.17) is 11.6 Å². The van der Waals surface area contributed by atoms with Crippen LogP contribution in [0.1, 0.15) is 24.2 Å². The third kappa shape index (κ3) is 2.98. The highest BCUT2D eigenvalue weighted by molar-refractivity contribution is 6.30. The monoisotopic (exact) mass is 246 g/mol. The molecule has 2 rings (SSSR count). The minimum atomic E-state index is 0.177. The number of nitrogens with zero attached hydrogens (tertiary/aromatic N) is 1. The average Bonchev–Trinajstić information content (AvgIpc) is 2.34. The zero-order valence-corrected chi connectivity index (χ0v) is 10.7. The number of rotatable bonds is 3. The first kappa shape index (κ1) is 11.9. The molecule has 0 aliphatic heterocycles. The summed E-state index contributed by atoms with van der Waals surface area (Å²) in [4.78, 5) is 4.33. The van der Waals surface area contributed by atoms with Crippen LogP contribution < -0.4 is 5.32 Å². The molecular weight excluding hydrogens is 232 g/mol. The predicted octanol–water partition coefficient (Wildman–Crippen LogP) is 4.22. The first-order valence-corrected chi connectivity index (χ1v) is 5.98. The molecule has 17 heavy (non-hydrogen) atoms. The van der Waals surface area contributed by atoms with Crippen molar-refractivity contribution in [2.75, 3.05) is 5.32 Å². The maximum atomic E-state index is 5.93. The summed E-state index contributed by atoms with van der Waals surface area (Å²) in [6, 6.07) is 12.0. The average molecular weight is 247 g/mol. The van der Waals surface area contributed by atoms with Gasteiger partial charge in [0.15, 0.2) is 0 Å². The summed E-state index contributed by atoms with van der Waals surface area (Å²) in [5.74, 6) is 0. The summed E-state index contributed by atoms with van der Waals surface area (Å²) in [5.41, 5.74) is 3.26. The summed E-state index contributed by atoms with van der Waals surface area (Å²) in [7, 11) is 0. The molecule has 2 nitrogen and oxygen atoms in total. The van der Waals surface area contributed by atoms with Crippen molar-refractivity contribution in [1.82, 2.24) is 4.98 Å². The Morgan fingerprint density at radius 3 is 2.71 bits per heavy atom. The molecule has 1 N–H and O–H groups in total. The van der Waals surface area contributed by atoms with E-state index in [-0.39, 0.29) is 6.04 Å². The fourth-order valence-corrected chi connectivity index (χ4v) is 1.95. The van der Waals surface area contributed by atoms with Crippen molar-refractivity contribution in [3.8, 4) is 0 Å². The molecule has 0 radical (unpaired) electrons. The van der Waals surface area contributed by atoms with E-state index in [2.05, 4.69) is 17.2 Å². The van der Waals surface area contributed by atoms with Crippen LogP contribution in [0.15, 0.2) is 42.6 Å². The SMILES string of the molecule is Cc1cc(Cl)ccc1NC(C)c1ccccn1. The van der Waals surface area contributed by atoms with Crippen molar-refractivity contribution in [1.29, 1.82) is 0 Å². The molecule has 2 aromatic rings. The third-order valence-corrected chi connectivity index (χ3v) is 2.93. The second kappa shape index (κ2) is 5.19. The van der Waals surface area contributed by atoms with E-state index in [0.29, 0.717) is 0 Å². The number of halogens is 1. The molecule has 0 bridgehead atoms. The molecule has 88 valence electrons. The number of benzene rings is 1. The topological polar surface area (TPSA) is 24.9 Å². The van der Waals surface area contributed by atoms with Crippen LogP contribution in [0.2, 0.25) is 5.02 Å². The van der Waals surface area contributed by atoms with Crippen LogP contribution in [-0.4, -0.2) is 4.98 Å². The predicted molar refractivity (Wildman–Crippen MR) is 72.5 cm³/mol. The maximum absolute atomic E-state index is 5.93. The van der Waals surface area contributed by atoms with Gasteiger partial charge in [-0.15, -0.1) is 0 Å². The number of hydrogen-bond donors (Lipinski definition) is 1. The van der Waals surface area contributed by atoms with Gasteiger partial charge in [0.05, 0.1) is 11.7 Å². The summed E-state index contributed by atoms with van der Waals surface area (Å²) < 4.78 is 0. The van der Waals surface area contributed by atoms with Crippen LogP contribution in [0.3, 0.4) is 0 Å². The number of hydrogen-bond acceptors (Lipinski definition) is 2. The van der Waals surface area contributed by atoms with Gasteiger partial charge in [0, 0.05) is 16.9 Å². The molecule has 1 aromatic heterocycles. The number of aromatic nitrogens is 1. The van der Waals surface area contributed by atoms with Gasteiger partial charge in [0.25, 0.3) is 0 Å². The molecule has 0 amide bonds. The lowest BCUT2D eigenvalue weighted by Gasteiger charge is -2.16. The molecule has 1 heterocycles. The smallest absolute Gasteiger partial charge is 0.0657 e. The largest absolute Gasteiger partial charge is 0.377 e. The lowest BCUT2D eigenvalue weighted by Crippen LogP contribution is -2.08. The second-order valence-electron chi connectivity index (χ2n) is 4.08. The van der Waals surface area contributed by atoms with Crippen molar-refractivity contribution in [3.63, 3.8) is 0 Å². The highest BCUT2D eigenvalue weighted by atomic mass is 35.5. The highest BCUT2D eigenvalue weighted by Crippen LogP contribution is 2.23. The fourth-order valence-electron chi connectivity index (χ4n) is 1.73. The van der Waals surface area contributed by atoms with Gasteiger partial charge in [-0.05, 0) is 49.7 Å². The summed E-state index contributed by atoms with van der Waals surface area (Å²) in [5, 5.41) is 4.20. The van der Waals surface area contributed by atoms with Gasteiger partial charge in [-0.2, -0.15) is 0 Å². The van der Waals surface area contributed by atoms with Crippen molar-refractivity contribution < 1.29 is 0 Å². The number of nitrogens with one attached hydrogen (secondary N) is 1. The molecule has 3 heteroatoms. The quantitative estimate of drug-likeness (QED) is 0.877. The van der Waals surface area contributed by atoms with Gasteiger partial charge in [-0.25, -0.2) is 0 Å². The van der Waals surface area contributed by atoms with Crippen LogP contribution in [-0.2, 0) is 0 Å². The number of aryl methyl sites for hydroxylation is 1.